The van der Waals surface area contributed by atoms with Gasteiger partial charge >= 0.3 is 0 Å². The van der Waals surface area contributed by atoms with Gasteiger partial charge in [0, 0.05) is 25.3 Å². The van der Waals surface area contributed by atoms with E-state index >= 15 is 0 Å². The maximum atomic E-state index is 9.05. The van der Waals surface area contributed by atoms with E-state index in [0.717, 1.165) is 31.9 Å². The molecule has 5 heteroatoms. The highest BCUT2D eigenvalue weighted by molar-refractivity contribution is 6.34. The second-order valence-electron chi connectivity index (χ2n) is 4.85. The molecule has 1 saturated heterocycles. The molecule has 0 bridgehead atoms. The van der Waals surface area contributed by atoms with Crippen molar-refractivity contribution < 1.29 is 0 Å². The van der Waals surface area contributed by atoms with Crippen molar-refractivity contribution in [2.75, 3.05) is 24.5 Å². The Balaban J connectivity index is 2.20. The summed E-state index contributed by atoms with van der Waals surface area (Å²) in [5.41, 5.74) is 0.493. The average Bonchev–Trinajstić information content (AvgIpc) is 2.91. The van der Waals surface area contributed by atoms with E-state index in [1.165, 1.54) is 12.8 Å². The van der Waals surface area contributed by atoms with Gasteiger partial charge in [-0.25, -0.2) is 4.98 Å². The molecule has 1 aliphatic heterocycles. The first kappa shape index (κ1) is 14.1. The Hall–Kier alpha value is -1.31. The number of hydrogen-bond donors (Lipinski definition) is 1. The van der Waals surface area contributed by atoms with Crippen LogP contribution in [0.5, 0.6) is 0 Å². The second kappa shape index (κ2) is 6.74. The van der Waals surface area contributed by atoms with Crippen molar-refractivity contribution in [3.8, 4) is 6.07 Å². The fourth-order valence-electron chi connectivity index (χ4n) is 2.47. The number of rotatable bonds is 5. The van der Waals surface area contributed by atoms with Gasteiger partial charge < -0.3 is 10.2 Å². The summed E-state index contributed by atoms with van der Waals surface area (Å²) in [5.74, 6) is 0.733. The average molecular weight is 279 g/mol. The van der Waals surface area contributed by atoms with Crippen molar-refractivity contribution in [2.24, 2.45) is 0 Å². The monoisotopic (exact) mass is 278 g/mol. The maximum Gasteiger partial charge on any atom is 0.148 e. The lowest BCUT2D eigenvalue weighted by Gasteiger charge is -2.27. The number of hydrogen-bond acceptors (Lipinski definition) is 4. The zero-order valence-electron chi connectivity index (χ0n) is 11.2. The zero-order chi connectivity index (χ0) is 13.7. The first-order valence-corrected chi connectivity index (χ1v) is 7.17. The molecule has 1 aromatic heterocycles. The molecule has 19 heavy (non-hydrogen) atoms. The number of anilines is 1. The summed E-state index contributed by atoms with van der Waals surface area (Å²) in [6.07, 6.45) is 5.10. The molecular weight excluding hydrogens is 260 g/mol. The van der Waals surface area contributed by atoms with Gasteiger partial charge in [-0.2, -0.15) is 5.26 Å². The Labute approximate surface area is 119 Å². The smallest absolute Gasteiger partial charge is 0.148 e. The summed E-state index contributed by atoms with van der Waals surface area (Å²) in [7, 11) is 0. The molecule has 1 atom stereocenters. The van der Waals surface area contributed by atoms with Gasteiger partial charge in [-0.1, -0.05) is 18.5 Å². The number of nitrogens with one attached hydrogen (secondary N) is 1. The van der Waals surface area contributed by atoms with Gasteiger partial charge in [0.1, 0.15) is 16.9 Å². The molecule has 0 saturated carbocycles. The third-order valence-corrected chi connectivity index (χ3v) is 3.76. The summed E-state index contributed by atoms with van der Waals surface area (Å²) >= 11 is 6.28. The Kier molecular flexibility index (Phi) is 5.00. The van der Waals surface area contributed by atoms with Crippen LogP contribution in [0.4, 0.5) is 5.82 Å². The van der Waals surface area contributed by atoms with Gasteiger partial charge in [-0.3, -0.25) is 0 Å². The summed E-state index contributed by atoms with van der Waals surface area (Å²) in [5, 5.41) is 13.0. The van der Waals surface area contributed by atoms with Crippen LogP contribution in [0.1, 0.15) is 31.7 Å². The van der Waals surface area contributed by atoms with E-state index in [4.69, 9.17) is 16.9 Å². The number of halogens is 1. The summed E-state index contributed by atoms with van der Waals surface area (Å²) in [6.45, 7) is 5.02. The van der Waals surface area contributed by atoms with Crippen LogP contribution in [0.25, 0.3) is 0 Å². The Morgan fingerprint density at radius 1 is 1.63 bits per heavy atom. The molecule has 1 unspecified atom stereocenters. The molecule has 1 aromatic rings. The van der Waals surface area contributed by atoms with Crippen LogP contribution in [-0.4, -0.2) is 30.7 Å². The quantitative estimate of drug-likeness (QED) is 0.899. The summed E-state index contributed by atoms with van der Waals surface area (Å²) in [6, 6.07) is 4.26. The molecule has 0 aromatic carbocycles. The van der Waals surface area contributed by atoms with Crippen LogP contribution in [-0.2, 0) is 0 Å². The van der Waals surface area contributed by atoms with E-state index in [2.05, 4.69) is 28.2 Å². The molecule has 0 amide bonds. The molecule has 1 fully saturated rings. The lowest BCUT2D eigenvalue weighted by molar-refractivity contribution is 0.575. The summed E-state index contributed by atoms with van der Waals surface area (Å²) < 4.78 is 0. The number of pyridine rings is 1. The van der Waals surface area contributed by atoms with Crippen molar-refractivity contribution in [3.63, 3.8) is 0 Å². The third-order valence-electron chi connectivity index (χ3n) is 3.39. The molecule has 1 N–H and O–H groups in total. The maximum absolute atomic E-state index is 9.05. The van der Waals surface area contributed by atoms with Gasteiger partial charge in [0.15, 0.2) is 0 Å². The molecule has 4 nitrogen and oxygen atoms in total. The van der Waals surface area contributed by atoms with Crippen molar-refractivity contribution in [2.45, 2.75) is 32.2 Å². The second-order valence-corrected chi connectivity index (χ2v) is 5.23. The van der Waals surface area contributed by atoms with Crippen LogP contribution < -0.4 is 10.2 Å². The van der Waals surface area contributed by atoms with Crippen LogP contribution in [0.2, 0.25) is 5.02 Å². The minimum atomic E-state index is 0.469. The molecule has 102 valence electrons. The lowest BCUT2D eigenvalue weighted by Crippen LogP contribution is -2.38. The highest BCUT2D eigenvalue weighted by atomic mass is 35.5. The van der Waals surface area contributed by atoms with Crippen molar-refractivity contribution >= 4 is 17.4 Å². The van der Waals surface area contributed by atoms with Gasteiger partial charge in [0.25, 0.3) is 0 Å². The molecule has 2 heterocycles. The number of aromatic nitrogens is 1. The van der Waals surface area contributed by atoms with E-state index in [1.807, 2.05) is 0 Å². The fourth-order valence-corrected chi connectivity index (χ4v) is 2.75. The first-order valence-electron chi connectivity index (χ1n) is 6.79. The fraction of sp³-hybridized carbons (Fsp3) is 0.571. The molecule has 0 aliphatic carbocycles. The van der Waals surface area contributed by atoms with Crippen molar-refractivity contribution in [1.82, 2.24) is 10.3 Å². The highest BCUT2D eigenvalue weighted by Crippen LogP contribution is 2.27. The lowest BCUT2D eigenvalue weighted by atomic mass is 10.2. The van der Waals surface area contributed by atoms with E-state index in [0.29, 0.717) is 16.6 Å². The van der Waals surface area contributed by atoms with Crippen LogP contribution >= 0.6 is 11.6 Å². The van der Waals surface area contributed by atoms with E-state index in [1.54, 1.807) is 12.3 Å². The van der Waals surface area contributed by atoms with E-state index in [9.17, 15) is 0 Å². The predicted octanol–water partition coefficient (Wildman–Crippen LogP) is 2.58. The largest absolute Gasteiger partial charge is 0.354 e. The molecular formula is C14H19ClN4. The van der Waals surface area contributed by atoms with Crippen molar-refractivity contribution in [3.05, 3.63) is 22.8 Å². The number of nitriles is 1. The Morgan fingerprint density at radius 3 is 3.11 bits per heavy atom. The SMILES string of the molecule is CCCN(CC1CCCN1)c1nccc(C#N)c1Cl. The predicted molar refractivity (Wildman–Crippen MR) is 77.5 cm³/mol. The minimum Gasteiger partial charge on any atom is -0.354 e. The van der Waals surface area contributed by atoms with E-state index < -0.39 is 0 Å². The normalized spacial score (nSPS) is 18.3. The van der Waals surface area contributed by atoms with Crippen LogP contribution in [0.15, 0.2) is 12.3 Å². The highest BCUT2D eigenvalue weighted by Gasteiger charge is 2.20. The van der Waals surface area contributed by atoms with Crippen LogP contribution in [0.3, 0.4) is 0 Å². The summed E-state index contributed by atoms with van der Waals surface area (Å²) in [4.78, 5) is 6.55. The van der Waals surface area contributed by atoms with Crippen LogP contribution in [0, 0.1) is 11.3 Å². The van der Waals surface area contributed by atoms with Gasteiger partial charge in [-0.15, -0.1) is 0 Å². The van der Waals surface area contributed by atoms with Gasteiger partial charge in [0.2, 0.25) is 0 Å². The standard InChI is InChI=1S/C14H19ClN4/c1-2-8-19(10-12-4-3-6-17-12)14-13(15)11(9-16)5-7-18-14/h5,7,12,17H,2-4,6,8,10H2,1H3. The van der Waals surface area contributed by atoms with Crippen molar-refractivity contribution in [1.29, 1.82) is 5.26 Å². The van der Waals surface area contributed by atoms with Gasteiger partial charge in [-0.05, 0) is 31.9 Å². The minimum absolute atomic E-state index is 0.469. The zero-order valence-corrected chi connectivity index (χ0v) is 12.0. The number of nitrogens with zero attached hydrogens (tertiary/aromatic N) is 3. The first-order chi connectivity index (χ1) is 9.26. The third kappa shape index (κ3) is 3.37. The topological polar surface area (TPSA) is 52.0 Å². The Bertz CT molecular complexity index is 463. The Morgan fingerprint density at radius 2 is 2.47 bits per heavy atom. The molecule has 0 radical (unpaired) electrons. The molecule has 1 aliphatic rings. The van der Waals surface area contributed by atoms with E-state index in [-0.39, 0.29) is 0 Å². The molecule has 2 rings (SSSR count). The molecule has 0 spiro atoms. The van der Waals surface area contributed by atoms with Gasteiger partial charge in [0.05, 0.1) is 5.56 Å².